The van der Waals surface area contributed by atoms with E-state index in [-0.39, 0.29) is 17.9 Å². The van der Waals surface area contributed by atoms with Crippen molar-refractivity contribution in [1.82, 2.24) is 25.1 Å². The van der Waals surface area contributed by atoms with Crippen LogP contribution in [0.3, 0.4) is 0 Å². The molecule has 3 aromatic rings. The van der Waals surface area contributed by atoms with E-state index in [1.165, 1.54) is 10.5 Å². The van der Waals surface area contributed by atoms with E-state index in [0.717, 1.165) is 48.7 Å². The van der Waals surface area contributed by atoms with Gasteiger partial charge in [-0.2, -0.15) is 0 Å². The van der Waals surface area contributed by atoms with Crippen molar-refractivity contribution in [1.29, 1.82) is 0 Å². The molecule has 0 aliphatic carbocycles. The predicted octanol–water partition coefficient (Wildman–Crippen LogP) is 4.20. The zero-order valence-corrected chi connectivity index (χ0v) is 21.9. The van der Waals surface area contributed by atoms with Crippen LogP contribution in [0.1, 0.15) is 32.2 Å². The number of thioether (sulfide) groups is 1. The summed E-state index contributed by atoms with van der Waals surface area (Å²) in [5, 5.41) is 7.49. The minimum atomic E-state index is -0.365. The Bertz CT molecular complexity index is 1150. The Balaban J connectivity index is 1.55. The lowest BCUT2D eigenvalue weighted by Gasteiger charge is -2.30. The third kappa shape index (κ3) is 6.31. The molecular formula is C27H36N6OS. The molecule has 35 heavy (non-hydrogen) atoms. The molecule has 0 saturated heterocycles. The number of carbonyl (C=O) groups excluding carboxylic acids is 1. The number of para-hydroxylation sites is 1. The molecule has 4 rings (SSSR count). The summed E-state index contributed by atoms with van der Waals surface area (Å²) in [6.45, 7) is 10.9. The standard InChI is InChI=1S/C27H36N6OS/c1-5-32(16-20-10-6-9-13-23(20)35-4)14-15-33-17-24-29-22-12-8-7-11-21(22)26(30-24)31-25(19(2)3)27(34)28-18-33/h6-13,19,25H,5,14-18H2,1-4H3,(H,28,34)(H,29,30,31)/t25-/m0/s1. The van der Waals surface area contributed by atoms with Crippen LogP contribution >= 0.6 is 11.8 Å². The molecule has 0 spiro atoms. The van der Waals surface area contributed by atoms with Crippen molar-refractivity contribution in [2.24, 2.45) is 5.92 Å². The second-order valence-corrected chi connectivity index (χ2v) is 10.2. The number of carbonyl (C=O) groups is 1. The third-order valence-electron chi connectivity index (χ3n) is 6.50. The SMILES string of the molecule is CCN(CCN1CNC(=O)[C@H](C(C)C)Nc2nc(nc3ccccc23)C1)Cc1ccccc1SC. The maximum absolute atomic E-state index is 13.1. The first kappa shape index (κ1) is 25.4. The van der Waals surface area contributed by atoms with Crippen molar-refractivity contribution in [2.45, 2.75) is 44.8 Å². The Morgan fingerprint density at radius 2 is 1.91 bits per heavy atom. The van der Waals surface area contributed by atoms with E-state index < -0.39 is 0 Å². The molecule has 2 N–H and O–H groups in total. The highest BCUT2D eigenvalue weighted by molar-refractivity contribution is 7.98. The summed E-state index contributed by atoms with van der Waals surface area (Å²) in [5.41, 5.74) is 2.25. The Labute approximate surface area is 212 Å². The van der Waals surface area contributed by atoms with Crippen LogP contribution in [0.25, 0.3) is 10.9 Å². The lowest BCUT2D eigenvalue weighted by Crippen LogP contribution is -2.49. The highest BCUT2D eigenvalue weighted by Gasteiger charge is 2.26. The lowest BCUT2D eigenvalue weighted by atomic mass is 10.0. The largest absolute Gasteiger partial charge is 0.358 e. The van der Waals surface area contributed by atoms with Gasteiger partial charge in [0, 0.05) is 29.9 Å². The van der Waals surface area contributed by atoms with Crippen molar-refractivity contribution in [3.8, 4) is 0 Å². The lowest BCUT2D eigenvalue weighted by molar-refractivity contribution is -0.123. The first-order chi connectivity index (χ1) is 17.0. The van der Waals surface area contributed by atoms with Gasteiger partial charge in [-0.25, -0.2) is 9.97 Å². The number of fused-ring (bicyclic) bond motifs is 4. The summed E-state index contributed by atoms with van der Waals surface area (Å²) in [7, 11) is 0. The quantitative estimate of drug-likeness (QED) is 0.457. The van der Waals surface area contributed by atoms with Crippen LogP contribution in [0.15, 0.2) is 53.4 Å². The summed E-state index contributed by atoms with van der Waals surface area (Å²) in [5.74, 6) is 1.61. The molecule has 2 heterocycles. The highest BCUT2D eigenvalue weighted by atomic mass is 32.2. The van der Waals surface area contributed by atoms with Gasteiger partial charge in [-0.1, -0.05) is 51.1 Å². The van der Waals surface area contributed by atoms with Crippen molar-refractivity contribution in [3.05, 3.63) is 59.9 Å². The molecule has 0 unspecified atom stereocenters. The molecule has 1 atom stereocenters. The maximum atomic E-state index is 13.1. The molecule has 1 aliphatic heterocycles. The first-order valence-corrected chi connectivity index (χ1v) is 13.6. The average molecular weight is 493 g/mol. The number of aromatic nitrogens is 2. The smallest absolute Gasteiger partial charge is 0.243 e. The Kier molecular flexibility index (Phi) is 8.59. The van der Waals surface area contributed by atoms with Gasteiger partial charge in [0.25, 0.3) is 0 Å². The topological polar surface area (TPSA) is 73.4 Å². The third-order valence-corrected chi connectivity index (χ3v) is 7.34. The summed E-state index contributed by atoms with van der Waals surface area (Å²) >= 11 is 1.79. The summed E-state index contributed by atoms with van der Waals surface area (Å²) in [4.78, 5) is 28.8. The van der Waals surface area contributed by atoms with E-state index in [4.69, 9.17) is 9.97 Å². The fourth-order valence-electron chi connectivity index (χ4n) is 4.41. The minimum Gasteiger partial charge on any atom is -0.358 e. The van der Waals surface area contributed by atoms with Crippen molar-refractivity contribution in [2.75, 3.05) is 37.9 Å². The van der Waals surface area contributed by atoms with Gasteiger partial charge in [-0.05, 0) is 42.5 Å². The van der Waals surface area contributed by atoms with Crippen LogP contribution in [0.4, 0.5) is 5.82 Å². The molecule has 7 nitrogen and oxygen atoms in total. The Hall–Kier alpha value is -2.68. The van der Waals surface area contributed by atoms with Gasteiger partial charge in [0.2, 0.25) is 5.91 Å². The Morgan fingerprint density at radius 3 is 2.69 bits per heavy atom. The fourth-order valence-corrected chi connectivity index (χ4v) is 5.02. The first-order valence-electron chi connectivity index (χ1n) is 12.3. The molecule has 1 amide bonds. The molecule has 2 aromatic carbocycles. The number of hydrogen-bond donors (Lipinski definition) is 2. The molecule has 0 radical (unpaired) electrons. The zero-order valence-electron chi connectivity index (χ0n) is 21.1. The van der Waals surface area contributed by atoms with E-state index >= 15 is 0 Å². The number of rotatable bonds is 8. The normalized spacial score (nSPS) is 17.0. The molecule has 2 bridgehead atoms. The number of amides is 1. The van der Waals surface area contributed by atoms with Crippen molar-refractivity contribution < 1.29 is 4.79 Å². The van der Waals surface area contributed by atoms with Crippen LogP contribution < -0.4 is 10.6 Å². The van der Waals surface area contributed by atoms with E-state index in [1.54, 1.807) is 11.8 Å². The Morgan fingerprint density at radius 1 is 1.14 bits per heavy atom. The highest BCUT2D eigenvalue weighted by Crippen LogP contribution is 2.24. The van der Waals surface area contributed by atoms with E-state index in [9.17, 15) is 4.79 Å². The van der Waals surface area contributed by atoms with Crippen LogP contribution in [0.2, 0.25) is 0 Å². The predicted molar refractivity (Wildman–Crippen MR) is 144 cm³/mol. The molecule has 1 aliphatic rings. The number of nitrogens with zero attached hydrogens (tertiary/aromatic N) is 4. The van der Waals surface area contributed by atoms with Gasteiger partial charge in [-0.3, -0.25) is 14.6 Å². The maximum Gasteiger partial charge on any atom is 0.243 e. The van der Waals surface area contributed by atoms with Crippen LogP contribution in [0.5, 0.6) is 0 Å². The van der Waals surface area contributed by atoms with Crippen molar-refractivity contribution >= 4 is 34.4 Å². The summed E-state index contributed by atoms with van der Waals surface area (Å²) in [6.07, 6.45) is 2.13. The fraction of sp³-hybridized carbons (Fsp3) is 0.444. The zero-order chi connectivity index (χ0) is 24.8. The second-order valence-electron chi connectivity index (χ2n) is 9.30. The molecule has 186 valence electrons. The summed E-state index contributed by atoms with van der Waals surface area (Å²) in [6, 6.07) is 16.2. The molecule has 1 aromatic heterocycles. The molecule has 0 fully saturated rings. The number of likely N-dealkylation sites (N-methyl/N-ethyl adjacent to an activating group) is 1. The van der Waals surface area contributed by atoms with Gasteiger partial charge < -0.3 is 10.6 Å². The molecule has 8 heteroatoms. The number of anilines is 1. The van der Waals surface area contributed by atoms with Crippen LogP contribution in [0, 0.1) is 5.92 Å². The van der Waals surface area contributed by atoms with Crippen molar-refractivity contribution in [3.63, 3.8) is 0 Å². The number of nitrogens with one attached hydrogen (secondary N) is 2. The van der Waals surface area contributed by atoms with Gasteiger partial charge in [0.1, 0.15) is 17.7 Å². The molecular weight excluding hydrogens is 456 g/mol. The average Bonchev–Trinajstić information content (AvgIpc) is 2.87. The number of benzene rings is 2. The van der Waals surface area contributed by atoms with E-state index in [2.05, 4.69) is 71.7 Å². The number of hydrogen-bond acceptors (Lipinski definition) is 7. The second kappa shape index (κ2) is 11.8. The van der Waals surface area contributed by atoms with Crippen LogP contribution in [-0.2, 0) is 17.9 Å². The molecule has 0 saturated carbocycles. The summed E-state index contributed by atoms with van der Waals surface area (Å²) < 4.78 is 0. The van der Waals surface area contributed by atoms with E-state index in [1.807, 2.05) is 24.3 Å². The minimum absolute atomic E-state index is 0.00242. The van der Waals surface area contributed by atoms with Gasteiger partial charge in [0.15, 0.2) is 0 Å². The van der Waals surface area contributed by atoms with E-state index in [0.29, 0.717) is 13.2 Å². The monoisotopic (exact) mass is 492 g/mol. The van der Waals surface area contributed by atoms with Gasteiger partial charge in [0.05, 0.1) is 18.7 Å². The van der Waals surface area contributed by atoms with Crippen LogP contribution in [-0.4, -0.2) is 64.3 Å². The van der Waals surface area contributed by atoms with Gasteiger partial charge >= 0.3 is 0 Å². The van der Waals surface area contributed by atoms with Gasteiger partial charge in [-0.15, -0.1) is 11.8 Å².